The topological polar surface area (TPSA) is 189 Å². The summed E-state index contributed by atoms with van der Waals surface area (Å²) in [5, 5.41) is 75.7. The Morgan fingerprint density at radius 3 is 1.41 bits per heavy atom. The van der Waals surface area contributed by atoms with Crippen molar-refractivity contribution in [3.05, 3.63) is 36.5 Å². The average molecular weight is 938 g/mol. The summed E-state index contributed by atoms with van der Waals surface area (Å²) in [6.45, 7) is 3.39. The van der Waals surface area contributed by atoms with E-state index in [1.807, 2.05) is 6.08 Å². The van der Waals surface area contributed by atoms with Crippen LogP contribution in [-0.2, 0) is 14.3 Å². The summed E-state index contributed by atoms with van der Waals surface area (Å²) in [5.41, 5.74) is 0. The number of amides is 1. The Balaban J connectivity index is 2.32. The van der Waals surface area contributed by atoms with Crippen LogP contribution >= 0.6 is 0 Å². The van der Waals surface area contributed by atoms with Gasteiger partial charge in [0, 0.05) is 6.42 Å². The van der Waals surface area contributed by atoms with Crippen LogP contribution in [0.25, 0.3) is 0 Å². The molecule has 0 aliphatic carbocycles. The van der Waals surface area contributed by atoms with Gasteiger partial charge in [-0.1, -0.05) is 217 Å². The summed E-state index contributed by atoms with van der Waals surface area (Å²) in [5.74, 6) is -0.773. The number of rotatable bonds is 46. The number of hydrogen-bond donors (Lipinski definition) is 8. The number of unbranched alkanes of at least 4 members (excludes halogenated alkanes) is 29. The molecule has 1 rings (SSSR count). The fraction of sp³-hybridized carbons (Fsp3) is 0.873. The molecule has 1 fully saturated rings. The molecule has 388 valence electrons. The highest BCUT2D eigenvalue weighted by molar-refractivity contribution is 5.81. The van der Waals surface area contributed by atoms with Gasteiger partial charge in [0.25, 0.3) is 0 Å². The molecule has 0 radical (unpaired) electrons. The number of aliphatic hydroxyl groups is 7. The highest BCUT2D eigenvalue weighted by atomic mass is 16.7. The van der Waals surface area contributed by atoms with Crippen molar-refractivity contribution >= 4 is 5.91 Å². The standard InChI is InChI=1S/C55H103NO10/c1-3-5-7-9-11-13-15-17-18-19-20-21-22-23-24-25-26-27-28-29-30-31-33-34-36-38-40-42-47(58)50(60)46(45-65-55-53(63)52(62)51(61)49(44-57)66-55)56-54(64)48(59)43-41-39-37-35-32-16-14-12-10-8-6-4-2/h32,34-36,39,41,46-53,55,57-63H,3-31,33,37-38,40,42-45H2,1-2H3,(H,56,64)/b35-32-,36-34+,41-39-. The van der Waals surface area contributed by atoms with Gasteiger partial charge in [0.05, 0.1) is 25.4 Å². The lowest BCUT2D eigenvalue weighted by molar-refractivity contribution is -0.303. The molecule has 0 aromatic rings. The highest BCUT2D eigenvalue weighted by Crippen LogP contribution is 2.23. The Bertz CT molecular complexity index is 1170. The molecule has 11 nitrogen and oxygen atoms in total. The normalized spacial score (nSPS) is 21.0. The van der Waals surface area contributed by atoms with Gasteiger partial charge in [-0.3, -0.25) is 4.79 Å². The zero-order valence-electron chi connectivity index (χ0n) is 42.2. The lowest BCUT2D eigenvalue weighted by Crippen LogP contribution is -2.60. The fourth-order valence-electron chi connectivity index (χ4n) is 8.66. The number of allylic oxidation sites excluding steroid dienone is 5. The second kappa shape index (κ2) is 44.5. The van der Waals surface area contributed by atoms with Crippen LogP contribution in [0.5, 0.6) is 0 Å². The van der Waals surface area contributed by atoms with E-state index in [1.165, 1.54) is 173 Å². The summed E-state index contributed by atoms with van der Waals surface area (Å²) >= 11 is 0. The number of ether oxygens (including phenoxy) is 2. The van der Waals surface area contributed by atoms with E-state index >= 15 is 0 Å². The van der Waals surface area contributed by atoms with E-state index in [1.54, 1.807) is 6.08 Å². The maximum atomic E-state index is 13.1. The molecular formula is C55H103NO10. The maximum Gasteiger partial charge on any atom is 0.249 e. The van der Waals surface area contributed by atoms with Crippen LogP contribution in [0.2, 0.25) is 0 Å². The predicted molar refractivity (Wildman–Crippen MR) is 270 cm³/mol. The Morgan fingerprint density at radius 1 is 0.545 bits per heavy atom. The minimum Gasteiger partial charge on any atom is -0.394 e. The molecule has 8 N–H and O–H groups in total. The summed E-state index contributed by atoms with van der Waals surface area (Å²) in [6, 6.07) is -1.21. The van der Waals surface area contributed by atoms with E-state index in [0.717, 1.165) is 25.7 Å². The van der Waals surface area contributed by atoms with Gasteiger partial charge in [0.15, 0.2) is 6.29 Å². The molecule has 11 heteroatoms. The summed E-state index contributed by atoms with van der Waals surface area (Å²) in [6.07, 6.45) is 42.4. The van der Waals surface area contributed by atoms with E-state index in [9.17, 15) is 40.5 Å². The van der Waals surface area contributed by atoms with Crippen molar-refractivity contribution < 1.29 is 50.0 Å². The molecule has 0 aromatic heterocycles. The first-order valence-electron chi connectivity index (χ1n) is 27.4. The molecule has 0 saturated carbocycles. The fourth-order valence-corrected chi connectivity index (χ4v) is 8.66. The minimum absolute atomic E-state index is 0.0436. The van der Waals surface area contributed by atoms with Crippen molar-refractivity contribution in [2.45, 2.75) is 294 Å². The molecule has 9 atom stereocenters. The second-order valence-electron chi connectivity index (χ2n) is 19.3. The molecular weight excluding hydrogens is 835 g/mol. The molecule has 1 amide bonds. The minimum atomic E-state index is -1.68. The van der Waals surface area contributed by atoms with Gasteiger partial charge in [-0.05, 0) is 51.4 Å². The van der Waals surface area contributed by atoms with Crippen molar-refractivity contribution in [1.82, 2.24) is 5.32 Å². The quantitative estimate of drug-likeness (QED) is 0.0215. The van der Waals surface area contributed by atoms with Crippen LogP contribution in [0.4, 0.5) is 0 Å². The molecule has 0 spiro atoms. The van der Waals surface area contributed by atoms with E-state index in [-0.39, 0.29) is 12.8 Å². The zero-order valence-corrected chi connectivity index (χ0v) is 42.2. The van der Waals surface area contributed by atoms with Gasteiger partial charge in [-0.2, -0.15) is 0 Å². The molecule has 1 aliphatic rings. The first-order valence-corrected chi connectivity index (χ1v) is 27.4. The third kappa shape index (κ3) is 33.0. The largest absolute Gasteiger partial charge is 0.394 e. The third-order valence-electron chi connectivity index (χ3n) is 13.2. The number of carbonyl (C=O) groups is 1. The summed E-state index contributed by atoms with van der Waals surface area (Å²) in [7, 11) is 0. The number of nitrogens with one attached hydrogen (secondary N) is 1. The van der Waals surface area contributed by atoms with Gasteiger partial charge in [-0.15, -0.1) is 0 Å². The molecule has 1 aliphatic heterocycles. The van der Waals surface area contributed by atoms with Crippen LogP contribution < -0.4 is 5.32 Å². The van der Waals surface area contributed by atoms with Gasteiger partial charge in [0.2, 0.25) is 5.91 Å². The van der Waals surface area contributed by atoms with Crippen LogP contribution in [0.3, 0.4) is 0 Å². The van der Waals surface area contributed by atoms with Crippen molar-refractivity contribution in [1.29, 1.82) is 0 Å². The van der Waals surface area contributed by atoms with Crippen LogP contribution in [0, 0.1) is 0 Å². The van der Waals surface area contributed by atoms with Crippen LogP contribution in [0.1, 0.15) is 239 Å². The molecule has 1 heterocycles. The molecule has 66 heavy (non-hydrogen) atoms. The Labute approximate surface area is 403 Å². The summed E-state index contributed by atoms with van der Waals surface area (Å²) < 4.78 is 11.1. The lowest BCUT2D eigenvalue weighted by atomic mass is 9.99. The van der Waals surface area contributed by atoms with Crippen molar-refractivity contribution in [3.63, 3.8) is 0 Å². The first kappa shape index (κ1) is 62.3. The lowest BCUT2D eigenvalue weighted by Gasteiger charge is -2.40. The Hall–Kier alpha value is -1.67. The zero-order chi connectivity index (χ0) is 48.3. The van der Waals surface area contributed by atoms with E-state index in [2.05, 4.69) is 43.5 Å². The first-order chi connectivity index (χ1) is 32.2. The van der Waals surface area contributed by atoms with E-state index in [0.29, 0.717) is 12.8 Å². The number of carbonyl (C=O) groups excluding carboxylic acids is 1. The number of aliphatic hydroxyl groups excluding tert-OH is 7. The van der Waals surface area contributed by atoms with Gasteiger partial charge in [0.1, 0.15) is 36.6 Å². The predicted octanol–water partition coefficient (Wildman–Crippen LogP) is 10.7. The van der Waals surface area contributed by atoms with Gasteiger partial charge < -0.3 is 50.5 Å². The molecule has 1 saturated heterocycles. The summed E-state index contributed by atoms with van der Waals surface area (Å²) in [4.78, 5) is 13.1. The molecule has 0 aromatic carbocycles. The molecule has 9 unspecified atom stereocenters. The Morgan fingerprint density at radius 2 is 0.955 bits per heavy atom. The van der Waals surface area contributed by atoms with Crippen molar-refractivity contribution in [3.8, 4) is 0 Å². The Kier molecular flexibility index (Phi) is 42.1. The van der Waals surface area contributed by atoms with Gasteiger partial charge >= 0.3 is 0 Å². The smallest absolute Gasteiger partial charge is 0.249 e. The second-order valence-corrected chi connectivity index (χ2v) is 19.3. The van der Waals surface area contributed by atoms with E-state index < -0.39 is 74.2 Å². The van der Waals surface area contributed by atoms with Crippen molar-refractivity contribution in [2.75, 3.05) is 13.2 Å². The van der Waals surface area contributed by atoms with Crippen LogP contribution in [-0.4, -0.2) is 110 Å². The monoisotopic (exact) mass is 938 g/mol. The third-order valence-corrected chi connectivity index (χ3v) is 13.2. The van der Waals surface area contributed by atoms with Crippen molar-refractivity contribution in [2.24, 2.45) is 0 Å². The highest BCUT2D eigenvalue weighted by Gasteiger charge is 2.44. The van der Waals surface area contributed by atoms with E-state index in [4.69, 9.17) is 9.47 Å². The average Bonchev–Trinajstić information content (AvgIpc) is 3.32. The molecule has 0 bridgehead atoms. The SMILES string of the molecule is CCCCCCCC/C=C\C/C=C\CC(O)C(=O)NC(COC1OC(CO)C(O)C(O)C1O)C(O)C(O)CCC/C=C/CCCCCCCCCCCCCCCCCCCCCCCC. The van der Waals surface area contributed by atoms with Crippen LogP contribution in [0.15, 0.2) is 36.5 Å². The van der Waals surface area contributed by atoms with Gasteiger partial charge in [-0.25, -0.2) is 0 Å². The maximum absolute atomic E-state index is 13.1. The number of hydrogen-bond acceptors (Lipinski definition) is 10.